The van der Waals surface area contributed by atoms with Crippen molar-refractivity contribution in [3.63, 3.8) is 0 Å². The number of hydrogen-bond donors (Lipinski definition) is 1. The molecule has 1 N–H and O–H groups in total. The summed E-state index contributed by atoms with van der Waals surface area (Å²) in [5, 5.41) is 8.71. The molecule has 2 rings (SSSR count). The number of halogens is 1. The molecule has 94 valence electrons. The van der Waals surface area contributed by atoms with E-state index in [9.17, 15) is 9.18 Å². The van der Waals surface area contributed by atoms with E-state index < -0.39 is 11.8 Å². The van der Waals surface area contributed by atoms with Gasteiger partial charge >= 0.3 is 5.97 Å². The highest BCUT2D eigenvalue weighted by molar-refractivity contribution is 8.00. The van der Waals surface area contributed by atoms with E-state index in [2.05, 4.69) is 9.36 Å². The lowest BCUT2D eigenvalue weighted by atomic mass is 10.1. The molecule has 2 aromatic rings. The van der Waals surface area contributed by atoms with E-state index in [1.54, 1.807) is 6.07 Å². The fourth-order valence-electron chi connectivity index (χ4n) is 1.30. The molecule has 0 fully saturated rings. The van der Waals surface area contributed by atoms with Gasteiger partial charge in [-0.1, -0.05) is 17.8 Å². The molecule has 0 aliphatic carbocycles. The lowest BCUT2D eigenvalue weighted by molar-refractivity contribution is 0.0692. The van der Waals surface area contributed by atoms with Crippen LogP contribution in [0.25, 0.3) is 0 Å². The Hall–Kier alpha value is -1.47. The van der Waals surface area contributed by atoms with Gasteiger partial charge in [0.2, 0.25) is 0 Å². The van der Waals surface area contributed by atoms with Crippen molar-refractivity contribution in [1.82, 2.24) is 9.36 Å². The molecule has 0 unspecified atom stereocenters. The second-order valence-corrected chi connectivity index (χ2v) is 5.49. The summed E-state index contributed by atoms with van der Waals surface area (Å²) in [6.45, 7) is 1.81. The third-order valence-corrected chi connectivity index (χ3v) is 4.13. The molecule has 0 bridgehead atoms. The number of aromatic carboxylic acids is 1. The van der Waals surface area contributed by atoms with E-state index >= 15 is 0 Å². The molecular formula is C11H9FN2O2S2. The molecular weight excluding hydrogens is 275 g/mol. The topological polar surface area (TPSA) is 63.1 Å². The van der Waals surface area contributed by atoms with Crippen LogP contribution in [0.4, 0.5) is 4.39 Å². The van der Waals surface area contributed by atoms with E-state index in [4.69, 9.17) is 5.11 Å². The van der Waals surface area contributed by atoms with Crippen molar-refractivity contribution in [2.24, 2.45) is 0 Å². The average molecular weight is 284 g/mol. The molecule has 4 nitrogen and oxygen atoms in total. The lowest BCUT2D eigenvalue weighted by Gasteiger charge is -2.01. The quantitative estimate of drug-likeness (QED) is 0.874. The summed E-state index contributed by atoms with van der Waals surface area (Å²) >= 11 is 2.74. The van der Waals surface area contributed by atoms with Crippen LogP contribution in [0.5, 0.6) is 0 Å². The number of carboxylic acids is 1. The molecule has 0 aliphatic heterocycles. The molecule has 0 radical (unpaired) electrons. The molecule has 1 aromatic carbocycles. The molecule has 0 aliphatic rings. The smallest absolute Gasteiger partial charge is 0.338 e. The van der Waals surface area contributed by atoms with Crippen molar-refractivity contribution in [2.45, 2.75) is 17.0 Å². The summed E-state index contributed by atoms with van der Waals surface area (Å²) in [6.07, 6.45) is 0. The van der Waals surface area contributed by atoms with E-state index in [0.29, 0.717) is 5.75 Å². The first-order valence-corrected chi connectivity index (χ1v) is 6.77. The van der Waals surface area contributed by atoms with Crippen molar-refractivity contribution >= 4 is 29.3 Å². The van der Waals surface area contributed by atoms with Gasteiger partial charge in [-0.2, -0.15) is 4.37 Å². The van der Waals surface area contributed by atoms with E-state index in [-0.39, 0.29) is 5.56 Å². The number of carbonyl (C=O) groups is 1. The van der Waals surface area contributed by atoms with Crippen molar-refractivity contribution in [2.75, 3.05) is 0 Å². The number of aryl methyl sites for hydroxylation is 1. The highest BCUT2D eigenvalue weighted by atomic mass is 32.2. The monoisotopic (exact) mass is 284 g/mol. The summed E-state index contributed by atoms with van der Waals surface area (Å²) in [7, 11) is 0. The molecule has 0 saturated carbocycles. The Morgan fingerprint density at radius 2 is 2.33 bits per heavy atom. The van der Waals surface area contributed by atoms with Gasteiger partial charge in [-0.15, -0.1) is 0 Å². The zero-order valence-electron chi connectivity index (χ0n) is 9.38. The highest BCUT2D eigenvalue weighted by Crippen LogP contribution is 2.25. The van der Waals surface area contributed by atoms with Gasteiger partial charge in [-0.25, -0.2) is 14.2 Å². The molecule has 0 atom stereocenters. The zero-order chi connectivity index (χ0) is 13.1. The van der Waals surface area contributed by atoms with Gasteiger partial charge in [0.25, 0.3) is 0 Å². The molecule has 1 aromatic heterocycles. The minimum Gasteiger partial charge on any atom is -0.478 e. The number of carboxylic acid groups (broad SMARTS) is 1. The molecule has 0 spiro atoms. The van der Waals surface area contributed by atoms with Crippen molar-refractivity contribution in [3.8, 4) is 0 Å². The molecule has 1 heterocycles. The Labute approximate surface area is 111 Å². The normalized spacial score (nSPS) is 10.6. The Kier molecular flexibility index (Phi) is 3.93. The van der Waals surface area contributed by atoms with Crippen molar-refractivity contribution < 1.29 is 14.3 Å². The van der Waals surface area contributed by atoms with Gasteiger partial charge in [0.05, 0.1) is 5.56 Å². The largest absolute Gasteiger partial charge is 0.478 e. The second kappa shape index (κ2) is 5.45. The van der Waals surface area contributed by atoms with Crippen LogP contribution >= 0.6 is 23.3 Å². The van der Waals surface area contributed by atoms with E-state index in [0.717, 1.165) is 15.7 Å². The van der Waals surface area contributed by atoms with Gasteiger partial charge < -0.3 is 5.11 Å². The number of benzene rings is 1. The van der Waals surface area contributed by atoms with Crippen LogP contribution in [0.3, 0.4) is 0 Å². The highest BCUT2D eigenvalue weighted by Gasteiger charge is 2.10. The number of rotatable bonds is 4. The SMILES string of the molecule is Cc1nsc(SCc2ccc(C(=O)O)c(F)c2)n1. The molecule has 0 saturated heterocycles. The van der Waals surface area contributed by atoms with Crippen molar-refractivity contribution in [3.05, 3.63) is 41.0 Å². The standard InChI is InChI=1S/C11H9FN2O2S2/c1-6-13-11(18-14-6)17-5-7-2-3-8(10(15)16)9(12)4-7/h2-4H,5H2,1H3,(H,15,16). The molecule has 7 heteroatoms. The van der Waals surface area contributed by atoms with Crippen LogP contribution in [0.2, 0.25) is 0 Å². The first-order valence-electron chi connectivity index (χ1n) is 5.01. The van der Waals surface area contributed by atoms with Crippen molar-refractivity contribution in [1.29, 1.82) is 0 Å². The van der Waals surface area contributed by atoms with Gasteiger partial charge in [-0.3, -0.25) is 0 Å². The van der Waals surface area contributed by atoms with Gasteiger partial charge in [0.15, 0.2) is 4.34 Å². The maximum absolute atomic E-state index is 13.4. The van der Waals surface area contributed by atoms with E-state index in [1.165, 1.54) is 35.4 Å². The van der Waals surface area contributed by atoms with Gasteiger partial charge in [0, 0.05) is 5.75 Å². The summed E-state index contributed by atoms with van der Waals surface area (Å²) in [6, 6.07) is 4.12. The predicted octanol–water partition coefficient (Wildman–Crippen LogP) is 2.98. The number of nitrogens with zero attached hydrogens (tertiary/aromatic N) is 2. The Morgan fingerprint density at radius 1 is 1.56 bits per heavy atom. The Balaban J connectivity index is 2.06. The minimum absolute atomic E-state index is 0.310. The zero-order valence-corrected chi connectivity index (χ0v) is 11.0. The third kappa shape index (κ3) is 3.05. The van der Waals surface area contributed by atoms with Gasteiger partial charge in [-0.05, 0) is 36.2 Å². The summed E-state index contributed by atoms with van der Waals surface area (Å²) in [4.78, 5) is 14.8. The first kappa shape index (κ1) is 13.0. The Morgan fingerprint density at radius 3 is 2.89 bits per heavy atom. The van der Waals surface area contributed by atoms with Crippen LogP contribution in [-0.2, 0) is 5.75 Å². The second-order valence-electron chi connectivity index (χ2n) is 3.52. The summed E-state index contributed by atoms with van der Waals surface area (Å²) < 4.78 is 18.3. The summed E-state index contributed by atoms with van der Waals surface area (Å²) in [5.41, 5.74) is 0.408. The van der Waals surface area contributed by atoms with Crippen LogP contribution in [0.15, 0.2) is 22.5 Å². The maximum atomic E-state index is 13.4. The number of thioether (sulfide) groups is 1. The average Bonchev–Trinajstić information content (AvgIpc) is 2.72. The minimum atomic E-state index is -1.26. The fraction of sp³-hybridized carbons (Fsp3) is 0.182. The van der Waals surface area contributed by atoms with Crippen LogP contribution < -0.4 is 0 Å². The number of aromatic nitrogens is 2. The predicted molar refractivity (Wildman–Crippen MR) is 67.6 cm³/mol. The van der Waals surface area contributed by atoms with Crippen LogP contribution in [-0.4, -0.2) is 20.4 Å². The van der Waals surface area contributed by atoms with Gasteiger partial charge in [0.1, 0.15) is 11.6 Å². The van der Waals surface area contributed by atoms with E-state index in [1.807, 2.05) is 6.92 Å². The first-order chi connectivity index (χ1) is 8.56. The molecule has 18 heavy (non-hydrogen) atoms. The van der Waals surface area contributed by atoms with Crippen LogP contribution in [0, 0.1) is 12.7 Å². The summed E-state index contributed by atoms with van der Waals surface area (Å²) in [5.74, 6) is -0.721. The number of hydrogen-bond acceptors (Lipinski definition) is 5. The van der Waals surface area contributed by atoms with Crippen LogP contribution in [0.1, 0.15) is 21.7 Å². The molecule has 0 amide bonds. The fourth-order valence-corrected chi connectivity index (χ4v) is 2.89. The maximum Gasteiger partial charge on any atom is 0.338 e. The Bertz CT molecular complexity index is 586. The third-order valence-electron chi connectivity index (χ3n) is 2.14. The lowest BCUT2D eigenvalue weighted by Crippen LogP contribution is -2.00.